The third-order valence-electron chi connectivity index (χ3n) is 4.33. The number of alkyl halides is 3. The summed E-state index contributed by atoms with van der Waals surface area (Å²) in [5, 5.41) is 2.18. The fourth-order valence-electron chi connectivity index (χ4n) is 2.80. The van der Waals surface area contributed by atoms with Crippen LogP contribution in [0.15, 0.2) is 71.6 Å². The van der Waals surface area contributed by atoms with Gasteiger partial charge in [0.2, 0.25) is 0 Å². The molecule has 0 bridgehead atoms. The summed E-state index contributed by atoms with van der Waals surface area (Å²) in [4.78, 5) is 11.9. The molecule has 0 spiro atoms. The van der Waals surface area contributed by atoms with Crippen LogP contribution in [0.2, 0.25) is 0 Å². The number of ether oxygens (including phenoxy) is 1. The number of halogens is 4. The van der Waals surface area contributed by atoms with Gasteiger partial charge in [0.25, 0.3) is 15.9 Å². The van der Waals surface area contributed by atoms with Gasteiger partial charge in [0.1, 0.15) is 11.6 Å². The summed E-state index contributed by atoms with van der Waals surface area (Å²) in [6, 6.07) is 14.1. The van der Waals surface area contributed by atoms with Crippen molar-refractivity contribution in [3.63, 3.8) is 0 Å². The van der Waals surface area contributed by atoms with Gasteiger partial charge in [-0.25, -0.2) is 12.8 Å². The maximum atomic E-state index is 13.3. The minimum atomic E-state index is -4.91. The first-order valence-corrected chi connectivity index (χ1v) is 10.9. The van der Waals surface area contributed by atoms with Gasteiger partial charge in [-0.15, -0.1) is 0 Å². The summed E-state index contributed by atoms with van der Waals surface area (Å²) in [5.41, 5.74) is -0.466. The fourth-order valence-corrected chi connectivity index (χ4v) is 3.85. The lowest BCUT2D eigenvalue weighted by molar-refractivity contribution is -0.140. The first kappa shape index (κ1) is 24.1. The molecule has 0 unspecified atom stereocenters. The van der Waals surface area contributed by atoms with Crippen LogP contribution in [-0.4, -0.2) is 20.9 Å². The molecule has 1 amide bonds. The molecule has 174 valence electrons. The number of hydrogen-bond acceptors (Lipinski definition) is 4. The standard InChI is InChI=1S/C22H18F4N2O4S/c1-14-3-2-4-16(11-14)28-33(30,31)18-8-6-17(7-9-18)32-13-21(29)27-15-5-10-20(23)19(12-15)22(24,25)26/h2-12,28H,13H2,1H3,(H,27,29). The summed E-state index contributed by atoms with van der Waals surface area (Å²) in [6.07, 6.45) is -4.91. The van der Waals surface area contributed by atoms with Crippen LogP contribution in [0.5, 0.6) is 5.75 Å². The van der Waals surface area contributed by atoms with E-state index in [9.17, 15) is 30.8 Å². The molecule has 3 aromatic carbocycles. The van der Waals surface area contributed by atoms with E-state index in [1.54, 1.807) is 18.2 Å². The van der Waals surface area contributed by atoms with E-state index in [0.717, 1.165) is 11.6 Å². The molecule has 0 aliphatic carbocycles. The molecule has 0 aliphatic rings. The number of benzene rings is 3. The molecule has 0 saturated carbocycles. The van der Waals surface area contributed by atoms with Crippen LogP contribution < -0.4 is 14.8 Å². The molecule has 3 aromatic rings. The van der Waals surface area contributed by atoms with Crippen LogP contribution in [0.1, 0.15) is 11.1 Å². The number of nitrogens with one attached hydrogen (secondary N) is 2. The van der Waals surface area contributed by atoms with Crippen molar-refractivity contribution in [3.05, 3.63) is 83.7 Å². The van der Waals surface area contributed by atoms with Crippen molar-refractivity contribution in [2.75, 3.05) is 16.6 Å². The smallest absolute Gasteiger partial charge is 0.419 e. The molecule has 0 saturated heterocycles. The van der Waals surface area contributed by atoms with Gasteiger partial charge < -0.3 is 10.1 Å². The van der Waals surface area contributed by atoms with Gasteiger partial charge in [-0.1, -0.05) is 12.1 Å². The highest BCUT2D eigenvalue weighted by Crippen LogP contribution is 2.33. The van der Waals surface area contributed by atoms with Gasteiger partial charge >= 0.3 is 6.18 Å². The zero-order valence-corrected chi connectivity index (χ0v) is 17.9. The van der Waals surface area contributed by atoms with Crippen molar-refractivity contribution >= 4 is 27.3 Å². The Labute approximate surface area is 187 Å². The van der Waals surface area contributed by atoms with E-state index in [1.807, 2.05) is 13.0 Å². The summed E-state index contributed by atoms with van der Waals surface area (Å²) in [7, 11) is -3.85. The molecule has 0 radical (unpaired) electrons. The Morgan fingerprint density at radius 3 is 2.30 bits per heavy atom. The topological polar surface area (TPSA) is 84.5 Å². The minimum absolute atomic E-state index is 0.0354. The van der Waals surface area contributed by atoms with Crippen LogP contribution in [0.25, 0.3) is 0 Å². The Kier molecular flexibility index (Phi) is 6.92. The second-order valence-corrected chi connectivity index (χ2v) is 8.66. The lowest BCUT2D eigenvalue weighted by atomic mass is 10.2. The summed E-state index contributed by atoms with van der Waals surface area (Å²) in [6.45, 7) is 1.26. The van der Waals surface area contributed by atoms with Gasteiger partial charge in [-0.3, -0.25) is 9.52 Å². The average Bonchev–Trinajstić information content (AvgIpc) is 2.73. The normalized spacial score (nSPS) is 11.7. The van der Waals surface area contributed by atoms with E-state index >= 15 is 0 Å². The number of sulfonamides is 1. The predicted octanol–water partition coefficient (Wildman–Crippen LogP) is 4.97. The molecule has 3 rings (SSSR count). The maximum absolute atomic E-state index is 13.3. The third kappa shape index (κ3) is 6.45. The molecule has 2 N–H and O–H groups in total. The number of rotatable bonds is 7. The molecule has 6 nitrogen and oxygen atoms in total. The number of carbonyl (C=O) groups is 1. The second-order valence-electron chi connectivity index (χ2n) is 6.98. The summed E-state index contributed by atoms with van der Waals surface area (Å²) in [5.74, 6) is -2.08. The Bertz CT molecular complexity index is 1260. The number of carbonyl (C=O) groups excluding carboxylic acids is 1. The molecular weight excluding hydrogens is 464 g/mol. The van der Waals surface area contributed by atoms with Gasteiger partial charge in [0, 0.05) is 11.4 Å². The Morgan fingerprint density at radius 1 is 0.970 bits per heavy atom. The molecule has 0 atom stereocenters. The highest BCUT2D eigenvalue weighted by atomic mass is 32.2. The number of anilines is 2. The molecule has 11 heteroatoms. The maximum Gasteiger partial charge on any atom is 0.419 e. The number of amides is 1. The summed E-state index contributed by atoms with van der Waals surface area (Å²) >= 11 is 0. The van der Waals surface area contributed by atoms with Crippen LogP contribution in [0, 0.1) is 12.7 Å². The highest BCUT2D eigenvalue weighted by Gasteiger charge is 2.34. The van der Waals surface area contributed by atoms with E-state index in [0.29, 0.717) is 17.8 Å². The Morgan fingerprint density at radius 2 is 1.67 bits per heavy atom. The lowest BCUT2D eigenvalue weighted by Gasteiger charge is -2.12. The predicted molar refractivity (Wildman–Crippen MR) is 114 cm³/mol. The second kappa shape index (κ2) is 9.49. The van der Waals surface area contributed by atoms with Crippen LogP contribution >= 0.6 is 0 Å². The van der Waals surface area contributed by atoms with Crippen molar-refractivity contribution in [1.82, 2.24) is 0 Å². The average molecular weight is 482 g/mol. The van der Waals surface area contributed by atoms with Gasteiger partial charge in [0.15, 0.2) is 6.61 Å². The van der Waals surface area contributed by atoms with Crippen molar-refractivity contribution in [2.45, 2.75) is 18.0 Å². The SMILES string of the molecule is Cc1cccc(NS(=O)(=O)c2ccc(OCC(=O)Nc3ccc(F)c(C(F)(F)F)c3)cc2)c1. The molecule has 0 heterocycles. The van der Waals surface area contributed by atoms with Crippen LogP contribution in [0.4, 0.5) is 28.9 Å². The van der Waals surface area contributed by atoms with Crippen molar-refractivity contribution in [3.8, 4) is 5.75 Å². The van der Waals surface area contributed by atoms with E-state index in [2.05, 4.69) is 10.0 Å². The Hall–Kier alpha value is -3.60. The zero-order chi connectivity index (χ0) is 24.2. The third-order valence-corrected chi connectivity index (χ3v) is 5.73. The summed E-state index contributed by atoms with van der Waals surface area (Å²) < 4.78 is 84.3. The first-order chi connectivity index (χ1) is 15.4. The quantitative estimate of drug-likeness (QED) is 0.466. The van der Waals surface area contributed by atoms with Crippen LogP contribution in [0.3, 0.4) is 0 Å². The van der Waals surface area contributed by atoms with Crippen molar-refractivity contribution < 1.29 is 35.5 Å². The molecule has 0 aliphatic heterocycles. The van der Waals surface area contributed by atoms with Gasteiger partial charge in [-0.05, 0) is 67.1 Å². The number of hydrogen-bond donors (Lipinski definition) is 2. The largest absolute Gasteiger partial charge is 0.484 e. The lowest BCUT2D eigenvalue weighted by Crippen LogP contribution is -2.21. The van der Waals surface area contributed by atoms with E-state index in [-0.39, 0.29) is 16.3 Å². The zero-order valence-electron chi connectivity index (χ0n) is 17.1. The minimum Gasteiger partial charge on any atom is -0.484 e. The molecule has 0 aromatic heterocycles. The van der Waals surface area contributed by atoms with Crippen molar-refractivity contribution in [1.29, 1.82) is 0 Å². The van der Waals surface area contributed by atoms with Gasteiger partial charge in [0.05, 0.1) is 10.5 Å². The van der Waals surface area contributed by atoms with Crippen LogP contribution in [-0.2, 0) is 21.0 Å². The highest BCUT2D eigenvalue weighted by molar-refractivity contribution is 7.92. The van der Waals surface area contributed by atoms with E-state index in [4.69, 9.17) is 4.74 Å². The van der Waals surface area contributed by atoms with Gasteiger partial charge in [-0.2, -0.15) is 13.2 Å². The molecule has 0 fully saturated rings. The number of aryl methyl sites for hydroxylation is 1. The monoisotopic (exact) mass is 482 g/mol. The molecule has 33 heavy (non-hydrogen) atoms. The Balaban J connectivity index is 1.60. The van der Waals surface area contributed by atoms with E-state index < -0.39 is 40.1 Å². The fraction of sp³-hybridized carbons (Fsp3) is 0.136. The van der Waals surface area contributed by atoms with E-state index in [1.165, 1.54) is 24.3 Å². The van der Waals surface area contributed by atoms with Crippen molar-refractivity contribution in [2.24, 2.45) is 0 Å². The molecular formula is C22H18F4N2O4S. The first-order valence-electron chi connectivity index (χ1n) is 9.43.